The Morgan fingerprint density at radius 3 is 1.56 bits per heavy atom. The summed E-state index contributed by atoms with van der Waals surface area (Å²) in [6.45, 7) is 0. The van der Waals surface area contributed by atoms with Crippen molar-refractivity contribution in [2.45, 2.75) is 19.6 Å². The molecule has 0 atom stereocenters. The molecule has 0 bridgehead atoms. The van der Waals surface area contributed by atoms with E-state index in [-0.39, 0.29) is 11.6 Å². The highest BCUT2D eigenvalue weighted by Gasteiger charge is 2.17. The van der Waals surface area contributed by atoms with Crippen molar-refractivity contribution in [3.05, 3.63) is 48.0 Å². The third kappa shape index (κ3) is 1.72. The third-order valence-corrected chi connectivity index (χ3v) is 4.78. The van der Waals surface area contributed by atoms with Crippen molar-refractivity contribution < 1.29 is 8.78 Å². The van der Waals surface area contributed by atoms with Crippen molar-refractivity contribution in [1.29, 1.82) is 0 Å². The summed E-state index contributed by atoms with van der Waals surface area (Å²) in [5.41, 5.74) is 0. The summed E-state index contributed by atoms with van der Waals surface area (Å²) < 4.78 is 26.1. The molecule has 0 nitrogen and oxygen atoms in total. The number of halogens is 2. The van der Waals surface area contributed by atoms with E-state index < -0.39 is 0 Å². The Hall–Kier alpha value is -1.00. The van der Waals surface area contributed by atoms with Gasteiger partial charge in [-0.1, -0.05) is 23.5 Å². The highest BCUT2D eigenvalue weighted by molar-refractivity contribution is 8.05. The fraction of sp³-hybridized carbons (Fsp3) is 0. The van der Waals surface area contributed by atoms with E-state index in [1.807, 2.05) is 0 Å². The van der Waals surface area contributed by atoms with Crippen LogP contribution < -0.4 is 0 Å². The Balaban J connectivity index is 2.10. The maximum Gasteiger partial charge on any atom is 0.124 e. The molecule has 0 fully saturated rings. The molecular weight excluding hydrogens is 246 g/mol. The summed E-state index contributed by atoms with van der Waals surface area (Å²) >= 11 is 2.96. The largest absolute Gasteiger partial charge is 0.207 e. The minimum atomic E-state index is -0.258. The monoisotopic (exact) mass is 252 g/mol. The van der Waals surface area contributed by atoms with E-state index in [1.165, 1.54) is 36.0 Å². The van der Waals surface area contributed by atoms with Gasteiger partial charge < -0.3 is 0 Å². The molecule has 0 unspecified atom stereocenters. The Bertz CT molecular complexity index is 517. The predicted molar refractivity (Wildman–Crippen MR) is 61.0 cm³/mol. The molecule has 1 heterocycles. The summed E-state index contributed by atoms with van der Waals surface area (Å²) in [6, 6.07) is 9.38. The van der Waals surface area contributed by atoms with E-state index >= 15 is 0 Å². The van der Waals surface area contributed by atoms with E-state index in [9.17, 15) is 8.78 Å². The number of hydrogen-bond acceptors (Lipinski definition) is 2. The van der Waals surface area contributed by atoms with Crippen molar-refractivity contribution in [3.63, 3.8) is 0 Å². The Labute approximate surface area is 100 Å². The van der Waals surface area contributed by atoms with Crippen LogP contribution in [0.25, 0.3) is 0 Å². The summed E-state index contributed by atoms with van der Waals surface area (Å²) in [5, 5.41) is 0. The molecule has 0 saturated heterocycles. The number of hydrogen-bond donors (Lipinski definition) is 0. The fourth-order valence-corrected chi connectivity index (χ4v) is 3.77. The predicted octanol–water partition coefficient (Wildman–Crippen LogP) is 4.58. The first-order chi connectivity index (χ1) is 7.72. The zero-order valence-corrected chi connectivity index (χ0v) is 9.67. The SMILES string of the molecule is Fc1ccc2c(c1)Sc1cc(F)ccc1S2. The average Bonchev–Trinajstić information content (AvgIpc) is 2.26. The van der Waals surface area contributed by atoms with E-state index in [1.54, 1.807) is 23.9 Å². The van der Waals surface area contributed by atoms with Crippen molar-refractivity contribution >= 4 is 23.5 Å². The van der Waals surface area contributed by atoms with Gasteiger partial charge >= 0.3 is 0 Å². The smallest absolute Gasteiger partial charge is 0.124 e. The van der Waals surface area contributed by atoms with Gasteiger partial charge in [0.25, 0.3) is 0 Å². The van der Waals surface area contributed by atoms with Crippen LogP contribution in [0.4, 0.5) is 8.78 Å². The lowest BCUT2D eigenvalue weighted by atomic mass is 10.3. The summed E-state index contributed by atoms with van der Waals surface area (Å²) in [4.78, 5) is 3.74. The van der Waals surface area contributed by atoms with Crippen LogP contribution in [0.1, 0.15) is 0 Å². The highest BCUT2D eigenvalue weighted by Crippen LogP contribution is 2.48. The van der Waals surface area contributed by atoms with Gasteiger partial charge in [0.2, 0.25) is 0 Å². The van der Waals surface area contributed by atoms with E-state index in [4.69, 9.17) is 0 Å². The van der Waals surface area contributed by atoms with Crippen molar-refractivity contribution in [2.75, 3.05) is 0 Å². The number of fused-ring (bicyclic) bond motifs is 2. The lowest BCUT2D eigenvalue weighted by Crippen LogP contribution is -1.91. The molecule has 0 spiro atoms. The average molecular weight is 252 g/mol. The molecule has 0 aliphatic carbocycles. The molecule has 0 radical (unpaired) electrons. The first-order valence-electron chi connectivity index (χ1n) is 4.67. The van der Waals surface area contributed by atoms with Crippen LogP contribution in [0.15, 0.2) is 56.0 Å². The lowest BCUT2D eigenvalue weighted by molar-refractivity contribution is 0.620. The van der Waals surface area contributed by atoms with Crippen molar-refractivity contribution in [2.24, 2.45) is 0 Å². The first-order valence-corrected chi connectivity index (χ1v) is 6.30. The molecule has 2 aromatic rings. The molecule has 1 aliphatic heterocycles. The molecule has 0 amide bonds. The summed E-state index contributed by atoms with van der Waals surface area (Å²) in [7, 11) is 0. The van der Waals surface area contributed by atoms with Gasteiger partial charge in [-0.05, 0) is 36.4 Å². The van der Waals surface area contributed by atoms with E-state index in [0.717, 1.165) is 19.6 Å². The lowest BCUT2D eigenvalue weighted by Gasteiger charge is -2.17. The Morgan fingerprint density at radius 1 is 0.625 bits per heavy atom. The summed E-state index contributed by atoms with van der Waals surface area (Å²) in [5.74, 6) is -0.515. The standard InChI is InChI=1S/C12H6F2S2/c13-7-1-3-9-11(5-7)16-12-6-8(14)2-4-10(12)15-9/h1-6H. The van der Waals surface area contributed by atoms with Gasteiger partial charge in [-0.2, -0.15) is 0 Å². The van der Waals surface area contributed by atoms with Gasteiger partial charge in [0.1, 0.15) is 11.6 Å². The van der Waals surface area contributed by atoms with Gasteiger partial charge in [0.15, 0.2) is 0 Å². The molecule has 80 valence electrons. The van der Waals surface area contributed by atoms with Crippen LogP contribution in [0, 0.1) is 11.6 Å². The van der Waals surface area contributed by atoms with Crippen LogP contribution in [-0.4, -0.2) is 0 Å². The minimum Gasteiger partial charge on any atom is -0.207 e. The fourth-order valence-electron chi connectivity index (χ4n) is 1.53. The molecule has 1 aliphatic rings. The molecule has 0 saturated carbocycles. The molecule has 4 heteroatoms. The van der Waals surface area contributed by atoms with Gasteiger partial charge in [0.05, 0.1) is 0 Å². The van der Waals surface area contributed by atoms with Crippen LogP contribution >= 0.6 is 23.5 Å². The van der Waals surface area contributed by atoms with E-state index in [0.29, 0.717) is 0 Å². The maximum absolute atomic E-state index is 13.1. The number of benzene rings is 2. The third-order valence-electron chi connectivity index (χ3n) is 2.25. The van der Waals surface area contributed by atoms with Gasteiger partial charge in [-0.15, -0.1) is 0 Å². The van der Waals surface area contributed by atoms with E-state index in [2.05, 4.69) is 0 Å². The van der Waals surface area contributed by atoms with Crippen molar-refractivity contribution in [1.82, 2.24) is 0 Å². The Morgan fingerprint density at radius 2 is 1.06 bits per heavy atom. The normalized spacial score (nSPS) is 13.1. The van der Waals surface area contributed by atoms with Crippen LogP contribution in [-0.2, 0) is 0 Å². The topological polar surface area (TPSA) is 0 Å². The second-order valence-corrected chi connectivity index (χ2v) is 5.55. The second-order valence-electron chi connectivity index (χ2n) is 3.39. The second kappa shape index (κ2) is 3.79. The first kappa shape index (κ1) is 10.2. The van der Waals surface area contributed by atoms with Gasteiger partial charge in [-0.25, -0.2) is 8.78 Å². The van der Waals surface area contributed by atoms with Crippen molar-refractivity contribution in [3.8, 4) is 0 Å². The molecule has 2 aromatic carbocycles. The van der Waals surface area contributed by atoms with Crippen LogP contribution in [0.3, 0.4) is 0 Å². The van der Waals surface area contributed by atoms with Crippen LogP contribution in [0.5, 0.6) is 0 Å². The molecule has 16 heavy (non-hydrogen) atoms. The summed E-state index contributed by atoms with van der Waals surface area (Å²) in [6.07, 6.45) is 0. The minimum absolute atomic E-state index is 0.258. The molecular formula is C12H6F2S2. The zero-order chi connectivity index (χ0) is 11.1. The maximum atomic E-state index is 13.1. The number of rotatable bonds is 0. The highest BCUT2D eigenvalue weighted by atomic mass is 32.2. The zero-order valence-electron chi connectivity index (χ0n) is 8.04. The van der Waals surface area contributed by atoms with Gasteiger partial charge in [0, 0.05) is 19.6 Å². The Kier molecular flexibility index (Phi) is 2.41. The quantitative estimate of drug-likeness (QED) is 0.574. The molecule has 0 aromatic heterocycles. The molecule has 0 N–H and O–H groups in total. The molecule has 3 rings (SSSR count). The van der Waals surface area contributed by atoms with Crippen LogP contribution in [0.2, 0.25) is 0 Å². The van der Waals surface area contributed by atoms with Gasteiger partial charge in [-0.3, -0.25) is 0 Å².